The highest BCUT2D eigenvalue weighted by Gasteiger charge is 2.30. The lowest BCUT2D eigenvalue weighted by Crippen LogP contribution is -2.51. The Kier molecular flexibility index (Phi) is 10.2. The Labute approximate surface area is 212 Å². The maximum atomic E-state index is 13.5. The lowest BCUT2D eigenvalue weighted by molar-refractivity contribution is -0.139. The second-order valence-corrected chi connectivity index (χ2v) is 11.0. The van der Waals surface area contributed by atoms with Crippen LogP contribution in [0.5, 0.6) is 0 Å². The van der Waals surface area contributed by atoms with Crippen LogP contribution in [0.25, 0.3) is 0 Å². The van der Waals surface area contributed by atoms with E-state index in [1.165, 1.54) is 11.0 Å². The maximum absolute atomic E-state index is 13.5. The molecule has 1 N–H and O–H groups in total. The van der Waals surface area contributed by atoms with Crippen LogP contribution in [0.15, 0.2) is 42.5 Å². The van der Waals surface area contributed by atoms with E-state index in [4.69, 9.17) is 23.2 Å². The number of anilines is 1. The van der Waals surface area contributed by atoms with E-state index in [-0.39, 0.29) is 12.5 Å². The summed E-state index contributed by atoms with van der Waals surface area (Å²) in [6, 6.07) is 11.0. The van der Waals surface area contributed by atoms with Gasteiger partial charge in [0.25, 0.3) is 0 Å². The van der Waals surface area contributed by atoms with Gasteiger partial charge in [-0.15, -0.1) is 0 Å². The number of nitrogens with zero attached hydrogens (tertiary/aromatic N) is 2. The number of halogens is 2. The molecule has 0 unspecified atom stereocenters. The molecule has 7 nitrogen and oxygen atoms in total. The van der Waals surface area contributed by atoms with E-state index < -0.39 is 28.5 Å². The molecule has 2 aromatic carbocycles. The molecular weight excluding hydrogens is 497 g/mol. The number of hydrogen-bond donors (Lipinski definition) is 1. The number of aryl methyl sites for hydroxylation is 1. The summed E-state index contributed by atoms with van der Waals surface area (Å²) < 4.78 is 26.3. The number of hydrogen-bond acceptors (Lipinski definition) is 4. The minimum Gasteiger partial charge on any atom is -0.354 e. The van der Waals surface area contributed by atoms with Crippen molar-refractivity contribution in [2.45, 2.75) is 46.2 Å². The molecule has 34 heavy (non-hydrogen) atoms. The number of benzene rings is 2. The van der Waals surface area contributed by atoms with E-state index in [1.54, 1.807) is 50.2 Å². The number of unbranched alkanes of at least 4 members (excludes halogenated alkanes) is 1. The Morgan fingerprint density at radius 2 is 1.76 bits per heavy atom. The SMILES string of the molecule is CCCCNC(=O)[C@H](C)N(Cc1cccc(Cl)c1)C(=O)CN(c1cc(Cl)ccc1C)S(C)(=O)=O. The van der Waals surface area contributed by atoms with Gasteiger partial charge in [-0.1, -0.05) is 54.7 Å². The molecule has 0 saturated heterocycles. The number of nitrogens with one attached hydrogen (secondary N) is 1. The van der Waals surface area contributed by atoms with Crippen molar-refractivity contribution < 1.29 is 18.0 Å². The van der Waals surface area contributed by atoms with Crippen LogP contribution < -0.4 is 9.62 Å². The highest BCUT2D eigenvalue weighted by molar-refractivity contribution is 7.92. The third-order valence-corrected chi connectivity index (χ3v) is 6.95. The van der Waals surface area contributed by atoms with Gasteiger partial charge in [-0.2, -0.15) is 0 Å². The van der Waals surface area contributed by atoms with Gasteiger partial charge in [0.1, 0.15) is 12.6 Å². The van der Waals surface area contributed by atoms with Crippen LogP contribution >= 0.6 is 23.2 Å². The Morgan fingerprint density at radius 3 is 2.38 bits per heavy atom. The quantitative estimate of drug-likeness (QED) is 0.438. The van der Waals surface area contributed by atoms with E-state index in [1.807, 2.05) is 6.92 Å². The fourth-order valence-corrected chi connectivity index (χ4v) is 4.67. The first-order chi connectivity index (χ1) is 15.9. The summed E-state index contributed by atoms with van der Waals surface area (Å²) in [4.78, 5) is 27.7. The topological polar surface area (TPSA) is 86.8 Å². The molecule has 186 valence electrons. The van der Waals surface area contributed by atoms with Gasteiger partial charge in [0.15, 0.2) is 0 Å². The molecule has 2 rings (SSSR count). The van der Waals surface area contributed by atoms with Crippen LogP contribution in [-0.4, -0.2) is 50.5 Å². The van der Waals surface area contributed by atoms with Crippen LogP contribution in [0.3, 0.4) is 0 Å². The molecule has 0 heterocycles. The van der Waals surface area contributed by atoms with Crippen molar-refractivity contribution in [1.82, 2.24) is 10.2 Å². The Bertz CT molecular complexity index is 1120. The van der Waals surface area contributed by atoms with Gasteiger partial charge in [0.2, 0.25) is 21.8 Å². The summed E-state index contributed by atoms with van der Waals surface area (Å²) in [6.45, 7) is 5.49. The summed E-state index contributed by atoms with van der Waals surface area (Å²) in [6.07, 6.45) is 2.77. The monoisotopic (exact) mass is 527 g/mol. The number of rotatable bonds is 11. The van der Waals surface area contributed by atoms with E-state index >= 15 is 0 Å². The van der Waals surface area contributed by atoms with Crippen molar-refractivity contribution in [3.63, 3.8) is 0 Å². The molecule has 0 radical (unpaired) electrons. The van der Waals surface area contributed by atoms with Crippen molar-refractivity contribution in [1.29, 1.82) is 0 Å². The second kappa shape index (κ2) is 12.4. The maximum Gasteiger partial charge on any atom is 0.244 e. The minimum atomic E-state index is -3.82. The first-order valence-electron chi connectivity index (χ1n) is 11.0. The zero-order valence-corrected chi connectivity index (χ0v) is 22.2. The fraction of sp³-hybridized carbons (Fsp3) is 0.417. The summed E-state index contributed by atoms with van der Waals surface area (Å²) >= 11 is 12.2. The molecule has 10 heteroatoms. The summed E-state index contributed by atoms with van der Waals surface area (Å²) in [5.41, 5.74) is 1.68. The molecule has 0 fully saturated rings. The largest absolute Gasteiger partial charge is 0.354 e. The molecule has 0 aromatic heterocycles. The van der Waals surface area contributed by atoms with Crippen LogP contribution in [0.1, 0.15) is 37.8 Å². The van der Waals surface area contributed by atoms with Gasteiger partial charge in [0.05, 0.1) is 11.9 Å². The van der Waals surface area contributed by atoms with Crippen molar-refractivity contribution in [3.05, 3.63) is 63.6 Å². The molecule has 2 aromatic rings. The van der Waals surface area contributed by atoms with Gasteiger partial charge in [-0.05, 0) is 55.7 Å². The molecule has 0 aliphatic carbocycles. The minimum absolute atomic E-state index is 0.0912. The lowest BCUT2D eigenvalue weighted by atomic mass is 10.1. The van der Waals surface area contributed by atoms with E-state index in [0.29, 0.717) is 27.8 Å². The molecule has 0 bridgehead atoms. The molecule has 0 saturated carbocycles. The second-order valence-electron chi connectivity index (χ2n) is 8.17. The van der Waals surface area contributed by atoms with Crippen LogP contribution in [0.4, 0.5) is 5.69 Å². The Balaban J connectivity index is 2.39. The Morgan fingerprint density at radius 1 is 1.09 bits per heavy atom. The van der Waals surface area contributed by atoms with Gasteiger partial charge in [-0.3, -0.25) is 13.9 Å². The summed E-state index contributed by atoms with van der Waals surface area (Å²) in [5.74, 6) is -0.836. The average Bonchev–Trinajstić information content (AvgIpc) is 2.76. The fourth-order valence-electron chi connectivity index (χ4n) is 3.40. The van der Waals surface area contributed by atoms with Crippen molar-refractivity contribution in [2.75, 3.05) is 23.7 Å². The number of carbonyl (C=O) groups is 2. The summed E-state index contributed by atoms with van der Waals surface area (Å²) in [5, 5.41) is 3.69. The van der Waals surface area contributed by atoms with E-state index in [2.05, 4.69) is 5.32 Å². The zero-order chi connectivity index (χ0) is 25.5. The normalized spacial score (nSPS) is 12.2. The smallest absolute Gasteiger partial charge is 0.244 e. The van der Waals surface area contributed by atoms with Gasteiger partial charge in [0, 0.05) is 23.1 Å². The zero-order valence-electron chi connectivity index (χ0n) is 19.8. The first-order valence-corrected chi connectivity index (χ1v) is 13.6. The van der Waals surface area contributed by atoms with E-state index in [9.17, 15) is 18.0 Å². The van der Waals surface area contributed by atoms with Crippen LogP contribution in [0, 0.1) is 6.92 Å². The predicted octanol–water partition coefficient (Wildman–Crippen LogP) is 4.40. The predicted molar refractivity (Wildman–Crippen MR) is 138 cm³/mol. The number of amides is 2. The van der Waals surface area contributed by atoms with Crippen molar-refractivity contribution >= 4 is 50.7 Å². The number of carbonyl (C=O) groups excluding carboxylic acids is 2. The standard InChI is InChI=1S/C24H31Cl2N3O4S/c1-5-6-12-27-24(31)18(3)28(15-19-8-7-9-20(25)13-19)23(30)16-29(34(4,32)33)22-14-21(26)11-10-17(22)2/h7-11,13-14,18H,5-6,12,15-16H2,1-4H3,(H,27,31)/t18-/m0/s1. The molecule has 2 amide bonds. The van der Waals surface area contributed by atoms with Crippen molar-refractivity contribution in [3.8, 4) is 0 Å². The third-order valence-electron chi connectivity index (χ3n) is 5.36. The van der Waals surface area contributed by atoms with Crippen LogP contribution in [0.2, 0.25) is 10.0 Å². The Hall–Kier alpha value is -2.29. The highest BCUT2D eigenvalue weighted by Crippen LogP contribution is 2.27. The highest BCUT2D eigenvalue weighted by atomic mass is 35.5. The van der Waals surface area contributed by atoms with Gasteiger partial charge < -0.3 is 10.2 Å². The summed E-state index contributed by atoms with van der Waals surface area (Å²) in [7, 11) is -3.82. The lowest BCUT2D eigenvalue weighted by Gasteiger charge is -2.32. The molecular formula is C24H31Cl2N3O4S. The molecule has 0 spiro atoms. The van der Waals surface area contributed by atoms with Gasteiger partial charge >= 0.3 is 0 Å². The van der Waals surface area contributed by atoms with Crippen LogP contribution in [-0.2, 0) is 26.2 Å². The molecule has 0 aliphatic rings. The van der Waals surface area contributed by atoms with Crippen molar-refractivity contribution in [2.24, 2.45) is 0 Å². The molecule has 1 atom stereocenters. The third kappa shape index (κ3) is 7.89. The number of sulfonamides is 1. The van der Waals surface area contributed by atoms with Gasteiger partial charge in [-0.25, -0.2) is 8.42 Å². The average molecular weight is 529 g/mol. The first kappa shape index (κ1) is 28.0. The molecule has 0 aliphatic heterocycles. The van der Waals surface area contributed by atoms with E-state index in [0.717, 1.165) is 29.0 Å².